The molecule has 2 heterocycles. The Morgan fingerprint density at radius 2 is 2.00 bits per heavy atom. The second-order valence-corrected chi connectivity index (χ2v) is 6.57. The number of hydrogen-bond acceptors (Lipinski definition) is 4. The zero-order chi connectivity index (χ0) is 15.2. The molecule has 1 saturated carbocycles. The molecule has 1 unspecified atom stereocenters. The van der Waals surface area contributed by atoms with Crippen molar-refractivity contribution < 1.29 is 19.4 Å². The first kappa shape index (κ1) is 13.9. The molecule has 22 heavy (non-hydrogen) atoms. The van der Waals surface area contributed by atoms with Gasteiger partial charge in [0.15, 0.2) is 11.5 Å². The summed E-state index contributed by atoms with van der Waals surface area (Å²) in [6.45, 7) is 2.32. The van der Waals surface area contributed by atoms with E-state index < -0.39 is 5.60 Å². The quantitative estimate of drug-likeness (QED) is 0.905. The van der Waals surface area contributed by atoms with Gasteiger partial charge in [0.05, 0.1) is 25.4 Å². The van der Waals surface area contributed by atoms with Gasteiger partial charge in [0.2, 0.25) is 0 Å². The molecule has 0 radical (unpaired) electrons. The van der Waals surface area contributed by atoms with Crippen molar-refractivity contribution >= 4 is 5.91 Å². The van der Waals surface area contributed by atoms with Gasteiger partial charge in [-0.05, 0) is 43.4 Å². The van der Waals surface area contributed by atoms with Crippen LogP contribution in [0.4, 0.5) is 0 Å². The Labute approximate surface area is 129 Å². The number of fused-ring (bicyclic) bond motifs is 1. The van der Waals surface area contributed by atoms with Crippen molar-refractivity contribution in [3.63, 3.8) is 0 Å². The molecule has 1 aromatic carbocycles. The molecule has 1 saturated heterocycles. The molecular weight excluding hydrogens is 282 g/mol. The van der Waals surface area contributed by atoms with E-state index in [9.17, 15) is 9.90 Å². The summed E-state index contributed by atoms with van der Waals surface area (Å²) < 4.78 is 11.2. The lowest BCUT2D eigenvalue weighted by atomic mass is 9.97. The third kappa shape index (κ3) is 2.43. The standard InChI is InChI=1S/C17H21NO4/c19-16(18-7-6-17(20,11-18)13-3-4-13)12-2-5-14-15(10-12)22-9-1-8-21-14/h2,5,10,13,20H,1,3-4,6-9,11H2. The van der Waals surface area contributed by atoms with Crippen molar-refractivity contribution in [2.45, 2.75) is 31.3 Å². The van der Waals surface area contributed by atoms with Crippen molar-refractivity contribution in [1.82, 2.24) is 4.90 Å². The Morgan fingerprint density at radius 3 is 2.77 bits per heavy atom. The van der Waals surface area contributed by atoms with Crippen LogP contribution in [0, 0.1) is 5.92 Å². The van der Waals surface area contributed by atoms with E-state index in [1.54, 1.807) is 23.1 Å². The first-order valence-corrected chi connectivity index (χ1v) is 8.07. The van der Waals surface area contributed by atoms with Crippen LogP contribution < -0.4 is 9.47 Å². The van der Waals surface area contributed by atoms with Crippen LogP contribution in [-0.4, -0.2) is 47.8 Å². The number of rotatable bonds is 2. The lowest BCUT2D eigenvalue weighted by Crippen LogP contribution is -2.37. The Bertz CT molecular complexity index is 598. The van der Waals surface area contributed by atoms with Gasteiger partial charge in [0.1, 0.15) is 0 Å². The Morgan fingerprint density at radius 1 is 1.23 bits per heavy atom. The minimum Gasteiger partial charge on any atom is -0.490 e. The predicted molar refractivity (Wildman–Crippen MR) is 80.2 cm³/mol. The maximum absolute atomic E-state index is 12.7. The van der Waals surface area contributed by atoms with Gasteiger partial charge in [-0.2, -0.15) is 0 Å². The molecule has 1 N–H and O–H groups in total. The van der Waals surface area contributed by atoms with E-state index in [2.05, 4.69) is 0 Å². The SMILES string of the molecule is O=C(c1ccc2c(c1)OCCCO2)N1CCC(O)(C2CC2)C1. The fourth-order valence-electron chi connectivity index (χ4n) is 3.42. The number of benzene rings is 1. The molecule has 1 aromatic rings. The van der Waals surface area contributed by atoms with E-state index in [4.69, 9.17) is 9.47 Å². The molecule has 118 valence electrons. The minimum atomic E-state index is -0.666. The number of nitrogens with zero attached hydrogens (tertiary/aromatic N) is 1. The molecule has 1 atom stereocenters. The molecule has 0 aromatic heterocycles. The van der Waals surface area contributed by atoms with E-state index >= 15 is 0 Å². The summed E-state index contributed by atoms with van der Waals surface area (Å²) in [5, 5.41) is 10.6. The molecule has 1 aliphatic carbocycles. The average Bonchev–Trinajstić information content (AvgIpc) is 3.33. The van der Waals surface area contributed by atoms with Crippen LogP contribution in [0.3, 0.4) is 0 Å². The summed E-state index contributed by atoms with van der Waals surface area (Å²) >= 11 is 0. The number of amides is 1. The van der Waals surface area contributed by atoms with Crippen molar-refractivity contribution in [3.05, 3.63) is 23.8 Å². The number of β-amino-alcohol motifs (C(OH)–C–C–N with tert-alkyl or cyclic N) is 1. The van der Waals surface area contributed by atoms with E-state index in [-0.39, 0.29) is 5.91 Å². The van der Waals surface area contributed by atoms with Gasteiger partial charge in [-0.25, -0.2) is 0 Å². The third-order valence-electron chi connectivity index (χ3n) is 4.90. The Balaban J connectivity index is 1.52. The van der Waals surface area contributed by atoms with Crippen LogP contribution in [0.2, 0.25) is 0 Å². The van der Waals surface area contributed by atoms with E-state index in [0.717, 1.165) is 19.3 Å². The monoisotopic (exact) mass is 303 g/mol. The lowest BCUT2D eigenvalue weighted by molar-refractivity contribution is 0.0257. The number of aliphatic hydroxyl groups is 1. The Kier molecular flexibility index (Phi) is 3.26. The summed E-state index contributed by atoms with van der Waals surface area (Å²) in [5.41, 5.74) is -0.0645. The van der Waals surface area contributed by atoms with Crippen molar-refractivity contribution in [1.29, 1.82) is 0 Å². The first-order valence-electron chi connectivity index (χ1n) is 8.07. The highest BCUT2D eigenvalue weighted by atomic mass is 16.5. The van der Waals surface area contributed by atoms with Crippen LogP contribution in [-0.2, 0) is 0 Å². The third-order valence-corrected chi connectivity index (χ3v) is 4.90. The van der Waals surface area contributed by atoms with Crippen LogP contribution >= 0.6 is 0 Å². The summed E-state index contributed by atoms with van der Waals surface area (Å²) in [7, 11) is 0. The second kappa shape index (κ2) is 5.16. The molecule has 0 spiro atoms. The number of carbonyl (C=O) groups excluding carboxylic acids is 1. The van der Waals surface area contributed by atoms with Gasteiger partial charge in [0, 0.05) is 18.5 Å². The maximum Gasteiger partial charge on any atom is 0.254 e. The zero-order valence-electron chi connectivity index (χ0n) is 12.6. The fourth-order valence-corrected chi connectivity index (χ4v) is 3.42. The molecule has 5 nitrogen and oxygen atoms in total. The summed E-state index contributed by atoms with van der Waals surface area (Å²) in [6, 6.07) is 5.35. The number of carbonyl (C=O) groups is 1. The van der Waals surface area contributed by atoms with Crippen LogP contribution in [0.5, 0.6) is 11.5 Å². The molecule has 1 amide bonds. The van der Waals surface area contributed by atoms with Gasteiger partial charge >= 0.3 is 0 Å². The molecule has 2 aliphatic heterocycles. The summed E-state index contributed by atoms with van der Waals surface area (Å²) in [4.78, 5) is 14.4. The van der Waals surface area contributed by atoms with E-state index in [0.29, 0.717) is 55.7 Å². The Hall–Kier alpha value is -1.75. The largest absolute Gasteiger partial charge is 0.490 e. The van der Waals surface area contributed by atoms with Crippen LogP contribution in [0.1, 0.15) is 36.0 Å². The average molecular weight is 303 g/mol. The van der Waals surface area contributed by atoms with Gasteiger partial charge in [-0.15, -0.1) is 0 Å². The number of likely N-dealkylation sites (tertiary alicyclic amines) is 1. The van der Waals surface area contributed by atoms with Gasteiger partial charge < -0.3 is 19.5 Å². The van der Waals surface area contributed by atoms with Gasteiger partial charge in [-0.1, -0.05) is 0 Å². The van der Waals surface area contributed by atoms with Crippen LogP contribution in [0.15, 0.2) is 18.2 Å². The highest BCUT2D eigenvalue weighted by Gasteiger charge is 2.49. The smallest absolute Gasteiger partial charge is 0.254 e. The summed E-state index contributed by atoms with van der Waals surface area (Å²) in [6.07, 6.45) is 3.71. The maximum atomic E-state index is 12.7. The molecule has 5 heteroatoms. The van der Waals surface area contributed by atoms with Gasteiger partial charge in [-0.3, -0.25) is 4.79 Å². The normalized spacial score (nSPS) is 27.6. The van der Waals surface area contributed by atoms with E-state index in [1.807, 2.05) is 0 Å². The minimum absolute atomic E-state index is 0.0350. The van der Waals surface area contributed by atoms with Crippen molar-refractivity contribution in [2.24, 2.45) is 5.92 Å². The molecule has 2 fully saturated rings. The highest BCUT2D eigenvalue weighted by molar-refractivity contribution is 5.95. The number of ether oxygens (including phenoxy) is 2. The summed E-state index contributed by atoms with van der Waals surface area (Å²) in [5.74, 6) is 1.69. The first-order chi connectivity index (χ1) is 10.7. The molecule has 0 bridgehead atoms. The fraction of sp³-hybridized carbons (Fsp3) is 0.588. The van der Waals surface area contributed by atoms with Crippen molar-refractivity contribution in [2.75, 3.05) is 26.3 Å². The van der Waals surface area contributed by atoms with E-state index in [1.165, 1.54) is 0 Å². The molecular formula is C17H21NO4. The topological polar surface area (TPSA) is 59.0 Å². The van der Waals surface area contributed by atoms with Gasteiger partial charge in [0.25, 0.3) is 5.91 Å². The molecule has 4 rings (SSSR count). The predicted octanol–water partition coefficient (Wildman–Crippen LogP) is 1.83. The number of hydrogen-bond donors (Lipinski definition) is 1. The lowest BCUT2D eigenvalue weighted by Gasteiger charge is -2.23. The highest BCUT2D eigenvalue weighted by Crippen LogP contribution is 2.44. The second-order valence-electron chi connectivity index (χ2n) is 6.57. The van der Waals surface area contributed by atoms with Crippen LogP contribution in [0.25, 0.3) is 0 Å². The van der Waals surface area contributed by atoms with Crippen molar-refractivity contribution in [3.8, 4) is 11.5 Å². The zero-order valence-corrected chi connectivity index (χ0v) is 12.6. The molecule has 3 aliphatic rings.